The van der Waals surface area contributed by atoms with Crippen molar-refractivity contribution in [1.29, 1.82) is 0 Å². The summed E-state index contributed by atoms with van der Waals surface area (Å²) >= 11 is 0. The molecule has 0 bridgehead atoms. The number of nitrogens with zero attached hydrogens (tertiary/aromatic N) is 2. The maximum absolute atomic E-state index is 5.16. The van der Waals surface area contributed by atoms with Crippen molar-refractivity contribution in [3.63, 3.8) is 0 Å². The maximum Gasteiger partial charge on any atom is 0.0950 e. The quantitative estimate of drug-likeness (QED) is 0.234. The van der Waals surface area contributed by atoms with Crippen molar-refractivity contribution in [3.8, 4) is 22.4 Å². The van der Waals surface area contributed by atoms with Gasteiger partial charge in [-0.1, -0.05) is 103 Å². The van der Waals surface area contributed by atoms with Crippen LogP contribution in [0.3, 0.4) is 0 Å². The molecule has 1 unspecified atom stereocenters. The van der Waals surface area contributed by atoms with Crippen LogP contribution in [0.1, 0.15) is 22.6 Å². The minimum Gasteiger partial charge on any atom is -0.306 e. The molecule has 3 aliphatic carbocycles. The maximum atomic E-state index is 5.16. The number of benzene rings is 4. The highest BCUT2D eigenvalue weighted by Gasteiger charge is 2.31. The predicted molar refractivity (Wildman–Crippen MR) is 162 cm³/mol. The van der Waals surface area contributed by atoms with Crippen molar-refractivity contribution in [3.05, 3.63) is 149 Å². The monoisotopic (exact) mass is 496 g/mol. The Morgan fingerprint density at radius 3 is 2.44 bits per heavy atom. The molecule has 3 aliphatic rings. The highest BCUT2D eigenvalue weighted by atomic mass is 14.9. The van der Waals surface area contributed by atoms with Crippen LogP contribution < -0.4 is 0 Å². The van der Waals surface area contributed by atoms with Crippen molar-refractivity contribution >= 4 is 33.5 Å². The Morgan fingerprint density at radius 2 is 1.51 bits per heavy atom. The molecule has 0 saturated heterocycles. The molecule has 39 heavy (non-hydrogen) atoms. The Morgan fingerprint density at radius 1 is 0.692 bits per heavy atom. The van der Waals surface area contributed by atoms with E-state index >= 15 is 0 Å². The molecule has 0 fully saturated rings. The normalized spacial score (nSPS) is 17.0. The fourth-order valence-electron chi connectivity index (χ4n) is 6.90. The number of fused-ring (bicyclic) bond motifs is 5. The van der Waals surface area contributed by atoms with E-state index in [1.807, 2.05) is 0 Å². The first-order valence-corrected chi connectivity index (χ1v) is 13.7. The average molecular weight is 497 g/mol. The summed E-state index contributed by atoms with van der Waals surface area (Å²) in [6.45, 7) is 0. The van der Waals surface area contributed by atoms with Gasteiger partial charge < -0.3 is 4.40 Å². The number of hydrogen-bond acceptors (Lipinski definition) is 1. The molecule has 6 aromatic rings. The molecular weight excluding hydrogens is 472 g/mol. The van der Waals surface area contributed by atoms with Crippen molar-refractivity contribution in [2.75, 3.05) is 0 Å². The zero-order valence-corrected chi connectivity index (χ0v) is 21.3. The van der Waals surface area contributed by atoms with Gasteiger partial charge in [-0.25, -0.2) is 4.98 Å². The molecule has 0 N–H and O–H groups in total. The first-order valence-electron chi connectivity index (χ1n) is 13.7. The molecule has 0 amide bonds. The number of aromatic nitrogens is 2. The molecule has 0 aliphatic heterocycles. The third-order valence-corrected chi connectivity index (χ3v) is 8.69. The third-order valence-electron chi connectivity index (χ3n) is 8.69. The molecule has 2 heterocycles. The first kappa shape index (κ1) is 21.0. The molecule has 0 radical (unpaired) electrons. The summed E-state index contributed by atoms with van der Waals surface area (Å²) in [6.07, 6.45) is 14.8. The molecule has 2 aromatic heterocycles. The van der Waals surface area contributed by atoms with Crippen LogP contribution in [-0.2, 0) is 6.42 Å². The van der Waals surface area contributed by atoms with Gasteiger partial charge in [-0.2, -0.15) is 0 Å². The summed E-state index contributed by atoms with van der Waals surface area (Å²) < 4.78 is 2.36. The number of rotatable bonds is 2. The van der Waals surface area contributed by atoms with E-state index in [1.165, 1.54) is 49.9 Å². The summed E-state index contributed by atoms with van der Waals surface area (Å²) in [4.78, 5) is 5.16. The SMILES string of the molecule is C1=CC2=CCc3ccc(-c4ccc(-c5nc6ccccc6n6c5cc5ccccc56)cc4)c4c3C2C(=C1)C=C4. The Balaban J connectivity index is 1.21. The van der Waals surface area contributed by atoms with Gasteiger partial charge in [0.2, 0.25) is 0 Å². The van der Waals surface area contributed by atoms with E-state index < -0.39 is 0 Å². The fraction of sp³-hybridized carbons (Fsp3) is 0.0541. The van der Waals surface area contributed by atoms with Gasteiger partial charge in [0, 0.05) is 16.9 Å². The van der Waals surface area contributed by atoms with Crippen LogP contribution in [0.2, 0.25) is 0 Å². The van der Waals surface area contributed by atoms with Crippen LogP contribution in [0.15, 0.2) is 133 Å². The number of allylic oxidation sites excluding steroid dienone is 7. The van der Waals surface area contributed by atoms with Gasteiger partial charge in [-0.05, 0) is 69.6 Å². The van der Waals surface area contributed by atoms with E-state index in [-0.39, 0.29) is 0 Å². The van der Waals surface area contributed by atoms with Crippen LogP contribution in [0.5, 0.6) is 0 Å². The van der Waals surface area contributed by atoms with Crippen LogP contribution in [0.25, 0.3) is 55.9 Å². The summed E-state index contributed by atoms with van der Waals surface area (Å²) in [5.74, 6) is 0.372. The minimum atomic E-state index is 0.372. The minimum absolute atomic E-state index is 0.372. The molecule has 182 valence electrons. The molecule has 0 saturated carbocycles. The van der Waals surface area contributed by atoms with E-state index in [0.29, 0.717) is 5.92 Å². The van der Waals surface area contributed by atoms with Gasteiger partial charge in [-0.15, -0.1) is 0 Å². The van der Waals surface area contributed by atoms with Crippen molar-refractivity contribution in [2.45, 2.75) is 12.3 Å². The van der Waals surface area contributed by atoms with E-state index in [1.54, 1.807) is 0 Å². The number of hydrogen-bond donors (Lipinski definition) is 0. The van der Waals surface area contributed by atoms with Gasteiger partial charge in [0.25, 0.3) is 0 Å². The number of para-hydroxylation sites is 3. The van der Waals surface area contributed by atoms with Crippen LogP contribution in [0.4, 0.5) is 0 Å². The molecule has 4 aromatic carbocycles. The van der Waals surface area contributed by atoms with Gasteiger partial charge in [0.15, 0.2) is 0 Å². The van der Waals surface area contributed by atoms with E-state index in [4.69, 9.17) is 4.98 Å². The van der Waals surface area contributed by atoms with Gasteiger partial charge in [-0.3, -0.25) is 0 Å². The lowest BCUT2D eigenvalue weighted by Gasteiger charge is -2.34. The molecule has 2 heteroatoms. The van der Waals surface area contributed by atoms with E-state index in [9.17, 15) is 0 Å². The van der Waals surface area contributed by atoms with Crippen molar-refractivity contribution in [2.24, 2.45) is 0 Å². The van der Waals surface area contributed by atoms with Gasteiger partial charge in [0.05, 0.1) is 27.8 Å². The Kier molecular flexibility index (Phi) is 4.20. The molecule has 0 spiro atoms. The van der Waals surface area contributed by atoms with E-state index in [0.717, 1.165) is 34.2 Å². The zero-order chi connectivity index (χ0) is 25.5. The highest BCUT2D eigenvalue weighted by Crippen LogP contribution is 2.48. The summed E-state index contributed by atoms with van der Waals surface area (Å²) in [5, 5.41) is 1.23. The molecular formula is C37H24N2. The zero-order valence-electron chi connectivity index (χ0n) is 21.3. The molecule has 2 nitrogen and oxygen atoms in total. The summed E-state index contributed by atoms with van der Waals surface area (Å²) in [7, 11) is 0. The standard InChI is InChI=1S/C37H24N2/c1-3-10-32-28(6-1)22-34-37(38-31-9-2-4-11-33(31)39(32)34)27-16-12-23(13-17-27)29-20-18-26-15-14-24-7-5-8-25-19-21-30(29)36(26)35(24)25/h1-14,16-22,35H,15H2. The van der Waals surface area contributed by atoms with E-state index in [2.05, 4.69) is 132 Å². The predicted octanol–water partition coefficient (Wildman–Crippen LogP) is 9.06. The summed E-state index contributed by atoms with van der Waals surface area (Å²) in [6, 6.07) is 32.9. The van der Waals surface area contributed by atoms with Gasteiger partial charge in [0.1, 0.15) is 0 Å². The Hall–Kier alpha value is -4.95. The smallest absolute Gasteiger partial charge is 0.0950 e. The van der Waals surface area contributed by atoms with Gasteiger partial charge >= 0.3 is 0 Å². The molecule has 1 atom stereocenters. The van der Waals surface area contributed by atoms with Crippen molar-refractivity contribution < 1.29 is 0 Å². The second kappa shape index (κ2) is 7.78. The third kappa shape index (κ3) is 2.94. The highest BCUT2D eigenvalue weighted by molar-refractivity contribution is 5.98. The second-order valence-corrected chi connectivity index (χ2v) is 10.8. The lowest BCUT2D eigenvalue weighted by atomic mass is 9.70. The second-order valence-electron chi connectivity index (χ2n) is 10.8. The summed E-state index contributed by atoms with van der Waals surface area (Å²) in [5.41, 5.74) is 16.3. The lowest BCUT2D eigenvalue weighted by molar-refractivity contribution is 0.893. The topological polar surface area (TPSA) is 17.3 Å². The van der Waals surface area contributed by atoms with Crippen LogP contribution in [0, 0.1) is 0 Å². The van der Waals surface area contributed by atoms with Crippen molar-refractivity contribution in [1.82, 2.24) is 9.38 Å². The van der Waals surface area contributed by atoms with Crippen LogP contribution >= 0.6 is 0 Å². The first-order chi connectivity index (χ1) is 19.3. The molecule has 9 rings (SSSR count). The lowest BCUT2D eigenvalue weighted by Crippen LogP contribution is -2.17. The van der Waals surface area contributed by atoms with Crippen LogP contribution in [-0.4, -0.2) is 9.38 Å². The Labute approximate surface area is 226 Å². The average Bonchev–Trinajstić information content (AvgIpc) is 3.40. The largest absolute Gasteiger partial charge is 0.306 e. The fourth-order valence-corrected chi connectivity index (χ4v) is 6.90. The Bertz CT molecular complexity index is 2130.